The lowest BCUT2D eigenvalue weighted by molar-refractivity contribution is -0.712. The van der Waals surface area contributed by atoms with Crippen molar-refractivity contribution >= 4 is 5.97 Å². The molecule has 116 valence electrons. The molecule has 2 fully saturated rings. The molecular weight excluding hydrogens is 266 g/mol. The first-order chi connectivity index (χ1) is 10.2. The maximum Gasteiger partial charge on any atom is 0.339 e. The van der Waals surface area contributed by atoms with Crippen LogP contribution in [0.2, 0.25) is 0 Å². The molecule has 0 radical (unpaired) electrons. The van der Waals surface area contributed by atoms with Gasteiger partial charge in [0.1, 0.15) is 6.10 Å². The average molecular weight is 292 g/mol. The molecule has 2 unspecified atom stereocenters. The molecule has 3 rings (SSSR count). The fraction of sp³-hybridized carbons (Fsp3) is 0.588. The van der Waals surface area contributed by atoms with Crippen LogP contribution in [-0.2, 0) is 9.53 Å². The van der Waals surface area contributed by atoms with E-state index < -0.39 is 12.1 Å². The van der Waals surface area contributed by atoms with Crippen LogP contribution in [0.1, 0.15) is 51.2 Å². The summed E-state index contributed by atoms with van der Waals surface area (Å²) in [5, 5.41) is 12.4. The molecule has 4 nitrogen and oxygen atoms in total. The summed E-state index contributed by atoms with van der Waals surface area (Å²) in [5.74, 6) is -0.516. The minimum atomic E-state index is -1.16. The first-order valence-electron chi connectivity index (χ1n) is 8.01. The van der Waals surface area contributed by atoms with Gasteiger partial charge >= 0.3 is 5.97 Å². The summed E-state index contributed by atoms with van der Waals surface area (Å²) in [6, 6.07) is 10.2. The number of piperidine rings is 1. The fourth-order valence-electron chi connectivity index (χ4n) is 3.27. The van der Waals surface area contributed by atoms with Crippen LogP contribution in [0, 0.1) is 0 Å². The summed E-state index contributed by atoms with van der Waals surface area (Å²) in [6.07, 6.45) is 3.10. The average Bonchev–Trinajstić information content (AvgIpc) is 2.88. The Bertz CT molecular complexity index is 437. The van der Waals surface area contributed by atoms with E-state index in [2.05, 4.69) is 5.32 Å². The summed E-state index contributed by atoms with van der Waals surface area (Å²) >= 11 is 0. The molecule has 2 saturated heterocycles. The number of quaternary nitrogens is 1. The predicted molar refractivity (Wildman–Crippen MR) is 80.6 cm³/mol. The number of benzene rings is 1. The Morgan fingerprint density at radius 3 is 2.33 bits per heavy atom. The lowest BCUT2D eigenvalue weighted by Gasteiger charge is -2.26. The minimum absolute atomic E-state index is 0.0200. The van der Waals surface area contributed by atoms with Crippen LogP contribution < -0.4 is 5.32 Å². The molecule has 2 aliphatic rings. The standard InChI is InChI=1S/C15H19NO3.C2H6/c17-14(10-4-2-1-3-5-10)15(18)19-13-8-11-6-7-12(9-13)16-11;1-2/h1-5,11-14,16-17H,6-9H2;1-2H3/p+1/t11-,12+,13?,14?;. The molecule has 0 amide bonds. The molecule has 2 aliphatic heterocycles. The molecule has 21 heavy (non-hydrogen) atoms. The second-order valence-electron chi connectivity index (χ2n) is 5.63. The zero-order valence-electron chi connectivity index (χ0n) is 12.9. The Morgan fingerprint density at radius 1 is 1.19 bits per heavy atom. The fourth-order valence-corrected chi connectivity index (χ4v) is 3.27. The van der Waals surface area contributed by atoms with E-state index in [1.165, 1.54) is 12.8 Å². The molecule has 0 aromatic heterocycles. The van der Waals surface area contributed by atoms with Gasteiger partial charge in [0.2, 0.25) is 0 Å². The zero-order valence-corrected chi connectivity index (χ0v) is 12.9. The van der Waals surface area contributed by atoms with Gasteiger partial charge in [-0.2, -0.15) is 0 Å². The molecule has 1 aromatic carbocycles. The van der Waals surface area contributed by atoms with Crippen molar-refractivity contribution in [2.24, 2.45) is 0 Å². The third-order valence-electron chi connectivity index (χ3n) is 4.21. The topological polar surface area (TPSA) is 63.1 Å². The van der Waals surface area contributed by atoms with E-state index in [4.69, 9.17) is 4.74 Å². The number of esters is 1. The minimum Gasteiger partial charge on any atom is -0.460 e. The molecule has 2 heterocycles. The summed E-state index contributed by atoms with van der Waals surface area (Å²) < 4.78 is 5.48. The van der Waals surface area contributed by atoms with Crippen molar-refractivity contribution < 1.29 is 20.0 Å². The number of ether oxygens (including phenoxy) is 1. The summed E-state index contributed by atoms with van der Waals surface area (Å²) in [7, 11) is 0. The van der Waals surface area contributed by atoms with E-state index in [0.717, 1.165) is 12.8 Å². The van der Waals surface area contributed by atoms with Gasteiger partial charge in [0.05, 0.1) is 12.1 Å². The van der Waals surface area contributed by atoms with Crippen molar-refractivity contribution in [1.82, 2.24) is 0 Å². The number of carbonyl (C=O) groups is 1. The van der Waals surface area contributed by atoms with Crippen LogP contribution in [-0.4, -0.2) is 29.3 Å². The highest BCUT2D eigenvalue weighted by molar-refractivity contribution is 5.76. The van der Waals surface area contributed by atoms with Crippen molar-refractivity contribution in [2.75, 3.05) is 0 Å². The van der Waals surface area contributed by atoms with Crippen molar-refractivity contribution in [3.63, 3.8) is 0 Å². The molecule has 4 atom stereocenters. The van der Waals surface area contributed by atoms with Gasteiger partial charge in [0.25, 0.3) is 0 Å². The first kappa shape index (κ1) is 16.0. The number of nitrogens with two attached hydrogens (primary N) is 1. The molecular formula is C17H26NO3+. The number of aliphatic hydroxyl groups excluding tert-OH is 1. The maximum absolute atomic E-state index is 12.0. The van der Waals surface area contributed by atoms with E-state index in [1.54, 1.807) is 12.1 Å². The smallest absolute Gasteiger partial charge is 0.339 e. The molecule has 1 aromatic rings. The normalized spacial score (nSPS) is 28.2. The summed E-state index contributed by atoms with van der Waals surface area (Å²) in [6.45, 7) is 4.00. The van der Waals surface area contributed by atoms with E-state index in [9.17, 15) is 9.90 Å². The third-order valence-corrected chi connectivity index (χ3v) is 4.21. The lowest BCUT2D eigenvalue weighted by Crippen LogP contribution is -2.93. The highest BCUT2D eigenvalue weighted by atomic mass is 16.6. The first-order valence-corrected chi connectivity index (χ1v) is 8.01. The number of hydrogen-bond acceptors (Lipinski definition) is 3. The van der Waals surface area contributed by atoms with Crippen LogP contribution in [0.4, 0.5) is 0 Å². The Labute approximate surface area is 126 Å². The predicted octanol–water partition coefficient (Wildman–Crippen LogP) is 1.55. The van der Waals surface area contributed by atoms with Gasteiger partial charge in [0, 0.05) is 25.7 Å². The van der Waals surface area contributed by atoms with Crippen molar-refractivity contribution in [3.8, 4) is 0 Å². The van der Waals surface area contributed by atoms with E-state index in [-0.39, 0.29) is 6.10 Å². The SMILES string of the molecule is CC.O=C(OC1C[C@H]2CC[C@@H](C1)[NH2+]2)C(O)c1ccccc1. The lowest BCUT2D eigenvalue weighted by atomic mass is 10.0. The Morgan fingerprint density at radius 2 is 1.76 bits per heavy atom. The van der Waals surface area contributed by atoms with Crippen LogP contribution in [0.25, 0.3) is 0 Å². The van der Waals surface area contributed by atoms with Crippen molar-refractivity contribution in [3.05, 3.63) is 35.9 Å². The molecule has 0 aliphatic carbocycles. The van der Waals surface area contributed by atoms with E-state index in [0.29, 0.717) is 17.6 Å². The van der Waals surface area contributed by atoms with Gasteiger partial charge in [-0.3, -0.25) is 0 Å². The van der Waals surface area contributed by atoms with Gasteiger partial charge in [0.15, 0.2) is 6.10 Å². The van der Waals surface area contributed by atoms with Gasteiger partial charge in [-0.05, 0) is 5.56 Å². The number of fused-ring (bicyclic) bond motifs is 2. The third kappa shape index (κ3) is 4.05. The number of aliphatic hydroxyl groups is 1. The van der Waals surface area contributed by atoms with Gasteiger partial charge in [-0.15, -0.1) is 0 Å². The summed E-state index contributed by atoms with van der Waals surface area (Å²) in [5.41, 5.74) is 0.595. The maximum atomic E-state index is 12.0. The van der Waals surface area contributed by atoms with Crippen molar-refractivity contribution in [1.29, 1.82) is 0 Å². The number of rotatable bonds is 3. The molecule has 4 heteroatoms. The number of carbonyl (C=O) groups excluding carboxylic acids is 1. The van der Waals surface area contributed by atoms with E-state index in [1.807, 2.05) is 32.0 Å². The molecule has 0 spiro atoms. The monoisotopic (exact) mass is 292 g/mol. The van der Waals surface area contributed by atoms with Gasteiger partial charge < -0.3 is 15.2 Å². The van der Waals surface area contributed by atoms with Gasteiger partial charge in [-0.25, -0.2) is 4.79 Å². The zero-order chi connectivity index (χ0) is 15.2. The summed E-state index contributed by atoms with van der Waals surface area (Å²) in [4.78, 5) is 12.0. The Kier molecular flexibility index (Phi) is 5.76. The second-order valence-corrected chi connectivity index (χ2v) is 5.63. The van der Waals surface area contributed by atoms with Gasteiger partial charge in [-0.1, -0.05) is 44.2 Å². The van der Waals surface area contributed by atoms with Crippen LogP contribution in [0.15, 0.2) is 30.3 Å². The van der Waals surface area contributed by atoms with Crippen LogP contribution >= 0.6 is 0 Å². The molecule has 3 N–H and O–H groups in total. The highest BCUT2D eigenvalue weighted by Gasteiger charge is 2.39. The quantitative estimate of drug-likeness (QED) is 0.831. The second kappa shape index (κ2) is 7.57. The number of hydrogen-bond donors (Lipinski definition) is 2. The van der Waals surface area contributed by atoms with Crippen LogP contribution in [0.3, 0.4) is 0 Å². The van der Waals surface area contributed by atoms with E-state index >= 15 is 0 Å². The Hall–Kier alpha value is -1.39. The van der Waals surface area contributed by atoms with Crippen LogP contribution in [0.5, 0.6) is 0 Å². The van der Waals surface area contributed by atoms with Crippen molar-refractivity contribution in [2.45, 2.75) is 63.8 Å². The molecule has 0 saturated carbocycles. The Balaban J connectivity index is 0.000000774. The highest BCUT2D eigenvalue weighted by Crippen LogP contribution is 2.25. The largest absolute Gasteiger partial charge is 0.460 e. The molecule has 2 bridgehead atoms.